The van der Waals surface area contributed by atoms with Crippen LogP contribution in [0.25, 0.3) is 0 Å². The van der Waals surface area contributed by atoms with Crippen LogP contribution in [0.5, 0.6) is 0 Å². The molecule has 5 heteroatoms. The number of nitrogens with zero attached hydrogens (tertiary/aromatic N) is 1. The van der Waals surface area contributed by atoms with Crippen molar-refractivity contribution in [2.75, 3.05) is 13.7 Å². The molecule has 1 saturated heterocycles. The van der Waals surface area contributed by atoms with Crippen molar-refractivity contribution in [3.63, 3.8) is 0 Å². The normalized spacial score (nSPS) is 32.9. The number of ether oxygens (including phenoxy) is 4. The minimum Gasteiger partial charge on any atom is -0.352 e. The average molecular weight is 273 g/mol. The first-order chi connectivity index (χ1) is 9.81. The second-order valence-corrected chi connectivity index (χ2v) is 4.65. The van der Waals surface area contributed by atoms with Gasteiger partial charge in [-0.1, -0.05) is 30.3 Å². The van der Waals surface area contributed by atoms with Gasteiger partial charge in [0.15, 0.2) is 12.6 Å². The van der Waals surface area contributed by atoms with Crippen molar-refractivity contribution < 1.29 is 18.9 Å². The fourth-order valence-corrected chi connectivity index (χ4v) is 2.38. The van der Waals surface area contributed by atoms with Crippen molar-refractivity contribution in [3.05, 3.63) is 47.5 Å². The molecule has 0 radical (unpaired) electrons. The minimum absolute atomic E-state index is 0.320. The Morgan fingerprint density at radius 2 is 2.05 bits per heavy atom. The van der Waals surface area contributed by atoms with Gasteiger partial charge in [0.1, 0.15) is 12.2 Å². The van der Waals surface area contributed by atoms with E-state index in [2.05, 4.69) is 6.07 Å². The Hall–Kier alpha value is -1.71. The second-order valence-electron chi connectivity index (χ2n) is 4.65. The van der Waals surface area contributed by atoms with Gasteiger partial charge in [-0.2, -0.15) is 5.26 Å². The molecule has 0 aliphatic carbocycles. The molecule has 0 N–H and O–H groups in total. The molecule has 1 aromatic rings. The molecule has 2 heterocycles. The SMILES string of the molecule is CO[C@@H]1C=C(C#N)[C@@H]2OC(c3ccccc3)OC[C@H]2O1. The summed E-state index contributed by atoms with van der Waals surface area (Å²) in [4.78, 5) is 0. The summed E-state index contributed by atoms with van der Waals surface area (Å²) >= 11 is 0. The van der Waals surface area contributed by atoms with E-state index in [1.807, 2.05) is 30.3 Å². The van der Waals surface area contributed by atoms with Crippen LogP contribution < -0.4 is 0 Å². The lowest BCUT2D eigenvalue weighted by atomic mass is 10.0. The van der Waals surface area contributed by atoms with Crippen molar-refractivity contribution in [2.24, 2.45) is 0 Å². The summed E-state index contributed by atoms with van der Waals surface area (Å²) in [5.74, 6) is 0. The molecular formula is C15H15NO4. The molecule has 0 saturated carbocycles. The van der Waals surface area contributed by atoms with E-state index in [4.69, 9.17) is 18.9 Å². The first-order valence-electron chi connectivity index (χ1n) is 6.44. The second kappa shape index (κ2) is 5.73. The third kappa shape index (κ3) is 2.47. The van der Waals surface area contributed by atoms with Gasteiger partial charge < -0.3 is 18.9 Å². The fraction of sp³-hybridized carbons (Fsp3) is 0.400. The van der Waals surface area contributed by atoms with Crippen molar-refractivity contribution in [1.82, 2.24) is 0 Å². The lowest BCUT2D eigenvalue weighted by molar-refractivity contribution is -0.283. The Kier molecular flexibility index (Phi) is 3.81. The van der Waals surface area contributed by atoms with E-state index < -0.39 is 18.7 Å². The third-order valence-electron chi connectivity index (χ3n) is 3.38. The zero-order chi connectivity index (χ0) is 13.9. The van der Waals surface area contributed by atoms with E-state index in [1.54, 1.807) is 6.08 Å². The maximum atomic E-state index is 9.25. The highest BCUT2D eigenvalue weighted by atomic mass is 16.7. The minimum atomic E-state index is -0.522. The van der Waals surface area contributed by atoms with Crippen molar-refractivity contribution in [3.8, 4) is 6.07 Å². The lowest BCUT2D eigenvalue weighted by Crippen LogP contribution is -2.47. The fourth-order valence-electron chi connectivity index (χ4n) is 2.38. The van der Waals surface area contributed by atoms with Gasteiger partial charge in [0.05, 0.1) is 18.2 Å². The van der Waals surface area contributed by atoms with Crippen LogP contribution >= 0.6 is 0 Å². The van der Waals surface area contributed by atoms with Crippen molar-refractivity contribution in [1.29, 1.82) is 5.26 Å². The van der Waals surface area contributed by atoms with E-state index >= 15 is 0 Å². The van der Waals surface area contributed by atoms with Crippen molar-refractivity contribution in [2.45, 2.75) is 24.8 Å². The maximum Gasteiger partial charge on any atom is 0.184 e. The summed E-state index contributed by atoms with van der Waals surface area (Å²) in [5, 5.41) is 9.25. The number of fused-ring (bicyclic) bond motifs is 1. The van der Waals surface area contributed by atoms with Gasteiger partial charge in [-0.05, 0) is 6.08 Å². The molecule has 1 aromatic carbocycles. The molecular weight excluding hydrogens is 258 g/mol. The van der Waals surface area contributed by atoms with E-state index in [1.165, 1.54) is 7.11 Å². The Balaban J connectivity index is 1.81. The highest BCUT2D eigenvalue weighted by Crippen LogP contribution is 2.33. The number of rotatable bonds is 2. The van der Waals surface area contributed by atoms with Crippen LogP contribution in [0.1, 0.15) is 11.9 Å². The van der Waals surface area contributed by atoms with E-state index in [0.717, 1.165) is 5.56 Å². The van der Waals surface area contributed by atoms with E-state index in [0.29, 0.717) is 12.2 Å². The Labute approximate surface area is 117 Å². The van der Waals surface area contributed by atoms with Crippen LogP contribution in [0.15, 0.2) is 42.0 Å². The smallest absolute Gasteiger partial charge is 0.184 e. The molecule has 0 amide bonds. The van der Waals surface area contributed by atoms with E-state index in [-0.39, 0.29) is 6.10 Å². The van der Waals surface area contributed by atoms with Crippen LogP contribution in [0.4, 0.5) is 0 Å². The number of nitriles is 1. The number of hydrogen-bond donors (Lipinski definition) is 0. The maximum absolute atomic E-state index is 9.25. The topological polar surface area (TPSA) is 60.7 Å². The molecule has 3 rings (SSSR count). The van der Waals surface area contributed by atoms with Crippen LogP contribution in [0.3, 0.4) is 0 Å². The first-order valence-corrected chi connectivity index (χ1v) is 6.44. The van der Waals surface area contributed by atoms with Gasteiger partial charge >= 0.3 is 0 Å². The number of methoxy groups -OCH3 is 1. The van der Waals surface area contributed by atoms with Gasteiger partial charge in [-0.25, -0.2) is 0 Å². The summed E-state index contributed by atoms with van der Waals surface area (Å²) in [5.41, 5.74) is 1.45. The molecule has 0 spiro atoms. The lowest BCUT2D eigenvalue weighted by Gasteiger charge is -2.39. The summed E-state index contributed by atoms with van der Waals surface area (Å²) in [6, 6.07) is 11.8. The molecule has 0 bridgehead atoms. The number of benzene rings is 1. The zero-order valence-electron chi connectivity index (χ0n) is 11.1. The molecule has 1 fully saturated rings. The summed E-state index contributed by atoms with van der Waals surface area (Å²) in [6.07, 6.45) is -0.0812. The molecule has 2 aliphatic rings. The van der Waals surface area contributed by atoms with Crippen LogP contribution in [-0.2, 0) is 18.9 Å². The predicted molar refractivity (Wildman–Crippen MR) is 69.4 cm³/mol. The Morgan fingerprint density at radius 3 is 2.75 bits per heavy atom. The number of hydrogen-bond acceptors (Lipinski definition) is 5. The summed E-state index contributed by atoms with van der Waals surface area (Å²) in [7, 11) is 1.54. The highest BCUT2D eigenvalue weighted by Gasteiger charge is 2.40. The zero-order valence-corrected chi connectivity index (χ0v) is 11.1. The van der Waals surface area contributed by atoms with Crippen LogP contribution in [0.2, 0.25) is 0 Å². The Morgan fingerprint density at radius 1 is 1.25 bits per heavy atom. The molecule has 104 valence electrons. The molecule has 2 aliphatic heterocycles. The third-order valence-corrected chi connectivity index (χ3v) is 3.38. The summed E-state index contributed by atoms with van der Waals surface area (Å²) in [6.45, 7) is 0.364. The largest absolute Gasteiger partial charge is 0.352 e. The molecule has 4 atom stereocenters. The van der Waals surface area contributed by atoms with Crippen molar-refractivity contribution >= 4 is 0 Å². The van der Waals surface area contributed by atoms with Crippen LogP contribution in [0, 0.1) is 11.3 Å². The molecule has 5 nitrogen and oxygen atoms in total. The Bertz CT molecular complexity index is 537. The van der Waals surface area contributed by atoms with Crippen LogP contribution in [-0.4, -0.2) is 32.2 Å². The summed E-state index contributed by atoms with van der Waals surface area (Å²) < 4.78 is 22.3. The first kappa shape index (κ1) is 13.3. The van der Waals surface area contributed by atoms with Gasteiger partial charge in [0.2, 0.25) is 0 Å². The monoisotopic (exact) mass is 273 g/mol. The van der Waals surface area contributed by atoms with Gasteiger partial charge in [-0.3, -0.25) is 0 Å². The van der Waals surface area contributed by atoms with Gasteiger partial charge in [0.25, 0.3) is 0 Å². The highest BCUT2D eigenvalue weighted by molar-refractivity contribution is 5.30. The predicted octanol–water partition coefficient (Wildman–Crippen LogP) is 1.92. The molecule has 0 aromatic heterocycles. The molecule has 1 unspecified atom stereocenters. The average Bonchev–Trinajstić information content (AvgIpc) is 2.54. The van der Waals surface area contributed by atoms with Gasteiger partial charge in [-0.15, -0.1) is 0 Å². The molecule has 20 heavy (non-hydrogen) atoms. The van der Waals surface area contributed by atoms with E-state index in [9.17, 15) is 5.26 Å². The van der Waals surface area contributed by atoms with Gasteiger partial charge in [0, 0.05) is 12.7 Å². The standard InChI is InChI=1S/C15H15NO4/c1-17-13-7-11(8-16)14-12(19-13)9-18-15(20-14)10-5-3-2-4-6-10/h2-7,12-15H,9H2,1H3/t12-,13+,14+,15?/m1/s1. The quantitative estimate of drug-likeness (QED) is 0.824.